The molecule has 5 heteroatoms. The van der Waals surface area contributed by atoms with Crippen molar-refractivity contribution in [1.29, 1.82) is 0 Å². The number of halogens is 2. The number of carbonyl (C=O) groups is 1. The van der Waals surface area contributed by atoms with Crippen LogP contribution < -0.4 is 5.32 Å². The van der Waals surface area contributed by atoms with Crippen molar-refractivity contribution in [3.63, 3.8) is 0 Å². The van der Waals surface area contributed by atoms with E-state index in [0.29, 0.717) is 18.5 Å². The van der Waals surface area contributed by atoms with Crippen LogP contribution >= 0.6 is 0 Å². The lowest BCUT2D eigenvalue weighted by Gasteiger charge is -2.19. The van der Waals surface area contributed by atoms with Gasteiger partial charge in [-0.3, -0.25) is 0 Å². The van der Waals surface area contributed by atoms with E-state index in [1.165, 1.54) is 12.1 Å². The Balaban J connectivity index is 2.40. The Morgan fingerprint density at radius 2 is 2.10 bits per heavy atom. The normalized spacial score (nSPS) is 10.8. The second-order valence-corrected chi connectivity index (χ2v) is 5.41. The van der Waals surface area contributed by atoms with Crippen LogP contribution in [0.3, 0.4) is 0 Å². The maximum absolute atomic E-state index is 12.5. The highest BCUT2D eigenvalue weighted by Crippen LogP contribution is 2.18. The summed E-state index contributed by atoms with van der Waals surface area (Å²) in [5.74, 6) is 5.61. The highest BCUT2D eigenvalue weighted by Gasteiger charge is 2.15. The van der Waals surface area contributed by atoms with Gasteiger partial charge in [-0.2, -0.15) is 0 Å². The van der Waals surface area contributed by atoms with Crippen LogP contribution in [0.2, 0.25) is 0 Å². The third-order valence-electron chi connectivity index (χ3n) is 2.29. The van der Waals surface area contributed by atoms with Crippen molar-refractivity contribution in [2.45, 2.75) is 39.2 Å². The van der Waals surface area contributed by atoms with Gasteiger partial charge in [-0.1, -0.05) is 24.0 Å². The SMILES string of the molecule is CC(C)(C)OC(=O)NCCC#Cc1cccc(C(F)F)c1. The molecule has 3 nitrogen and oxygen atoms in total. The van der Waals surface area contributed by atoms with Gasteiger partial charge >= 0.3 is 6.09 Å². The summed E-state index contributed by atoms with van der Waals surface area (Å²) in [5, 5.41) is 2.57. The fourth-order valence-corrected chi connectivity index (χ4v) is 1.46. The Hall–Kier alpha value is -2.09. The first-order valence-corrected chi connectivity index (χ1v) is 6.62. The zero-order chi connectivity index (χ0) is 15.9. The van der Waals surface area contributed by atoms with E-state index in [2.05, 4.69) is 17.2 Å². The third kappa shape index (κ3) is 7.31. The first-order chi connectivity index (χ1) is 9.78. The summed E-state index contributed by atoms with van der Waals surface area (Å²) >= 11 is 0. The number of nitrogens with one attached hydrogen (secondary N) is 1. The molecular weight excluding hydrogens is 276 g/mol. The van der Waals surface area contributed by atoms with Gasteiger partial charge in [-0.05, 0) is 32.9 Å². The second-order valence-electron chi connectivity index (χ2n) is 5.41. The van der Waals surface area contributed by atoms with Crippen molar-refractivity contribution in [2.75, 3.05) is 6.54 Å². The van der Waals surface area contributed by atoms with Crippen LogP contribution in [0.25, 0.3) is 0 Å². The van der Waals surface area contributed by atoms with Crippen molar-refractivity contribution < 1.29 is 18.3 Å². The third-order valence-corrected chi connectivity index (χ3v) is 2.29. The molecule has 0 aliphatic carbocycles. The standard InChI is InChI=1S/C16H19F2NO2/c1-16(2,3)21-15(20)19-10-5-4-7-12-8-6-9-13(11-12)14(17)18/h6,8-9,11,14H,5,10H2,1-3H3,(H,19,20). The monoisotopic (exact) mass is 295 g/mol. The van der Waals surface area contributed by atoms with E-state index in [0.717, 1.165) is 0 Å². The van der Waals surface area contributed by atoms with Crippen molar-refractivity contribution in [3.05, 3.63) is 35.4 Å². The molecule has 1 aromatic carbocycles. The molecule has 0 aliphatic heterocycles. The van der Waals surface area contributed by atoms with Gasteiger partial charge in [0.1, 0.15) is 5.60 Å². The number of amides is 1. The highest BCUT2D eigenvalue weighted by molar-refractivity contribution is 5.67. The number of benzene rings is 1. The minimum absolute atomic E-state index is 0.0475. The van der Waals surface area contributed by atoms with E-state index in [4.69, 9.17) is 4.74 Å². The lowest BCUT2D eigenvalue weighted by atomic mass is 10.1. The maximum Gasteiger partial charge on any atom is 0.407 e. The Labute approximate surface area is 123 Å². The predicted octanol–water partition coefficient (Wildman–Crippen LogP) is 3.89. The van der Waals surface area contributed by atoms with E-state index in [9.17, 15) is 13.6 Å². The lowest BCUT2D eigenvalue weighted by Crippen LogP contribution is -2.32. The van der Waals surface area contributed by atoms with Gasteiger partial charge in [0.15, 0.2) is 0 Å². The van der Waals surface area contributed by atoms with E-state index in [-0.39, 0.29) is 5.56 Å². The quantitative estimate of drug-likeness (QED) is 0.678. The molecule has 1 rings (SSSR count). The molecule has 0 unspecified atom stereocenters. The number of alkyl carbamates (subject to hydrolysis) is 1. The van der Waals surface area contributed by atoms with E-state index < -0.39 is 18.1 Å². The van der Waals surface area contributed by atoms with Crippen LogP contribution in [0, 0.1) is 11.8 Å². The summed E-state index contributed by atoms with van der Waals surface area (Å²) in [4.78, 5) is 11.3. The van der Waals surface area contributed by atoms with E-state index in [1.54, 1.807) is 32.9 Å². The van der Waals surface area contributed by atoms with Gasteiger partial charge in [0, 0.05) is 24.1 Å². The number of carbonyl (C=O) groups excluding carboxylic acids is 1. The zero-order valence-electron chi connectivity index (χ0n) is 12.4. The van der Waals surface area contributed by atoms with Crippen LogP contribution in [-0.4, -0.2) is 18.2 Å². The molecule has 0 aliphatic rings. The van der Waals surface area contributed by atoms with Crippen LogP contribution in [0.1, 0.15) is 44.7 Å². The topological polar surface area (TPSA) is 38.3 Å². The molecule has 0 saturated carbocycles. The average Bonchev–Trinajstić information content (AvgIpc) is 2.36. The number of alkyl halides is 2. The molecule has 21 heavy (non-hydrogen) atoms. The number of ether oxygens (including phenoxy) is 1. The van der Waals surface area contributed by atoms with Crippen LogP contribution in [-0.2, 0) is 4.74 Å². The average molecular weight is 295 g/mol. The van der Waals surface area contributed by atoms with Crippen molar-refractivity contribution in [3.8, 4) is 11.8 Å². The molecule has 0 atom stereocenters. The van der Waals surface area contributed by atoms with Gasteiger partial charge in [0.25, 0.3) is 6.43 Å². The van der Waals surface area contributed by atoms with E-state index >= 15 is 0 Å². The van der Waals surface area contributed by atoms with Gasteiger partial charge in [0.05, 0.1) is 0 Å². The summed E-state index contributed by atoms with van der Waals surface area (Å²) in [6.45, 7) is 5.68. The van der Waals surface area contributed by atoms with Gasteiger partial charge in [0.2, 0.25) is 0 Å². The molecule has 0 spiro atoms. The molecule has 0 heterocycles. The minimum atomic E-state index is -2.50. The summed E-state index contributed by atoms with van der Waals surface area (Å²) in [7, 11) is 0. The first-order valence-electron chi connectivity index (χ1n) is 6.62. The predicted molar refractivity (Wildman–Crippen MR) is 77.1 cm³/mol. The van der Waals surface area contributed by atoms with E-state index in [1.807, 2.05) is 0 Å². The lowest BCUT2D eigenvalue weighted by molar-refractivity contribution is 0.0529. The molecule has 1 N–H and O–H groups in total. The van der Waals surface area contributed by atoms with Crippen LogP contribution in [0.4, 0.5) is 13.6 Å². The van der Waals surface area contributed by atoms with Crippen molar-refractivity contribution in [1.82, 2.24) is 5.32 Å². The molecule has 0 saturated heterocycles. The van der Waals surface area contributed by atoms with Gasteiger partial charge in [-0.25, -0.2) is 13.6 Å². The van der Waals surface area contributed by atoms with Gasteiger partial charge < -0.3 is 10.1 Å². The second kappa shape index (κ2) is 7.63. The minimum Gasteiger partial charge on any atom is -0.444 e. The summed E-state index contributed by atoms with van der Waals surface area (Å²) in [6.07, 6.45) is -2.58. The van der Waals surface area contributed by atoms with Crippen LogP contribution in [0.5, 0.6) is 0 Å². The zero-order valence-corrected chi connectivity index (χ0v) is 12.4. The molecule has 0 bridgehead atoms. The summed E-state index contributed by atoms with van der Waals surface area (Å²) in [5.41, 5.74) is -0.0513. The molecular formula is C16H19F2NO2. The molecule has 0 radical (unpaired) electrons. The summed E-state index contributed by atoms with van der Waals surface area (Å²) in [6, 6.07) is 5.93. The van der Waals surface area contributed by atoms with Crippen molar-refractivity contribution in [2.24, 2.45) is 0 Å². The Bertz CT molecular complexity index is 539. The van der Waals surface area contributed by atoms with Crippen LogP contribution in [0.15, 0.2) is 24.3 Å². The molecule has 0 fully saturated rings. The Morgan fingerprint density at radius 3 is 2.71 bits per heavy atom. The largest absolute Gasteiger partial charge is 0.444 e. The van der Waals surface area contributed by atoms with Gasteiger partial charge in [-0.15, -0.1) is 0 Å². The maximum atomic E-state index is 12.5. The first kappa shape index (κ1) is 17.0. The van der Waals surface area contributed by atoms with Crippen molar-refractivity contribution >= 4 is 6.09 Å². The number of hydrogen-bond donors (Lipinski definition) is 1. The fraction of sp³-hybridized carbons (Fsp3) is 0.438. The Kier molecular flexibility index (Phi) is 6.16. The smallest absolute Gasteiger partial charge is 0.407 e. The summed E-state index contributed by atoms with van der Waals surface area (Å²) < 4.78 is 30.1. The molecule has 0 aromatic heterocycles. The molecule has 1 amide bonds. The highest BCUT2D eigenvalue weighted by atomic mass is 19.3. The number of hydrogen-bond acceptors (Lipinski definition) is 2. The Morgan fingerprint density at radius 1 is 1.38 bits per heavy atom. The number of rotatable bonds is 3. The fourth-order valence-electron chi connectivity index (χ4n) is 1.46. The molecule has 1 aromatic rings. The molecule has 114 valence electrons.